The number of rotatable bonds is 63. The molecule has 3 unspecified atom stereocenters. The van der Waals surface area contributed by atoms with Crippen molar-refractivity contribution in [2.45, 2.75) is 129 Å². The Balaban J connectivity index is 0.504. The predicted octanol–water partition coefficient (Wildman–Crippen LogP) is 5.32. The molecule has 730 valence electrons. The Bertz CT molecular complexity index is 5960. The second-order valence-electron chi connectivity index (χ2n) is 31.5. The number of H-pyrrole nitrogens is 2. The molecule has 0 saturated heterocycles. The van der Waals surface area contributed by atoms with Crippen molar-refractivity contribution in [2.24, 2.45) is 0 Å². The van der Waals surface area contributed by atoms with Gasteiger partial charge in [0.1, 0.15) is 23.7 Å². The number of carboxylic acid groups (broad SMARTS) is 2. The highest BCUT2D eigenvalue weighted by atomic mass is 32.2. The molecule has 10 aromatic rings. The first kappa shape index (κ1) is 105. The fraction of sp³-hybridized carbons (Fsp3) is 0.420. The van der Waals surface area contributed by atoms with Gasteiger partial charge < -0.3 is 90.6 Å². The predicted molar refractivity (Wildman–Crippen MR) is 497 cm³/mol. The average molecular weight is 1950 g/mol. The van der Waals surface area contributed by atoms with Crippen molar-refractivity contribution in [3.8, 4) is 22.3 Å². The van der Waals surface area contributed by atoms with E-state index in [9.17, 15) is 77.4 Å². The maximum absolute atomic E-state index is 13.4. The minimum absolute atomic E-state index is 0.00153. The Kier molecular flexibility index (Phi) is 40.8. The Morgan fingerprint density at radius 1 is 0.415 bits per heavy atom. The molecule has 6 aromatic carbocycles. The number of nitrogens with one attached hydrogen (secondary N) is 13. The number of carboxylic acids is 2. The maximum Gasteiger partial charge on any atom is 0.408 e. The van der Waals surface area contributed by atoms with Crippen molar-refractivity contribution in [1.82, 2.24) is 85.0 Å². The van der Waals surface area contributed by atoms with E-state index in [1.54, 1.807) is 128 Å². The molecule has 43 nitrogen and oxygen atoms in total. The molecule has 0 saturated carbocycles. The Labute approximate surface area is 781 Å². The van der Waals surface area contributed by atoms with Crippen LogP contribution < -0.4 is 56.1 Å². The average Bonchev–Trinajstić information content (AvgIpc) is 1.80. The molecule has 5 amide bonds. The van der Waals surface area contributed by atoms with Gasteiger partial charge in [-0.15, -0.1) is 0 Å². The number of hydrogen-bond donors (Lipinski definition) is 15. The van der Waals surface area contributed by atoms with Crippen LogP contribution in [0, 0.1) is 0 Å². The summed E-state index contributed by atoms with van der Waals surface area (Å²) in [5, 5.41) is 49.5. The van der Waals surface area contributed by atoms with Crippen LogP contribution in [0.5, 0.6) is 0 Å². The molecule has 0 spiro atoms. The lowest BCUT2D eigenvalue weighted by atomic mass is 10.1. The number of aryl methyl sites for hydroxylation is 2. The zero-order chi connectivity index (χ0) is 96.6. The van der Waals surface area contributed by atoms with Crippen molar-refractivity contribution in [2.75, 3.05) is 142 Å². The van der Waals surface area contributed by atoms with E-state index in [1.807, 2.05) is 0 Å². The molecule has 0 fully saturated rings. The van der Waals surface area contributed by atoms with Crippen LogP contribution in [0.15, 0.2) is 190 Å². The van der Waals surface area contributed by atoms with Crippen LogP contribution in [0.1, 0.15) is 92.9 Å². The van der Waals surface area contributed by atoms with Gasteiger partial charge in [0, 0.05) is 145 Å². The van der Waals surface area contributed by atoms with E-state index < -0.39 is 113 Å². The number of aliphatic carboxylic acids is 2. The molecule has 4 aromatic heterocycles. The normalized spacial score (nSPS) is 12.7. The third-order valence-corrected chi connectivity index (χ3v) is 26.1. The number of nitrogens with zero attached hydrogens (tertiary/aromatic N) is 6. The third-order valence-electron chi connectivity index (χ3n) is 20.2. The standard InChI is InChI=1S/C88H115N19O24S4/c1-88(2,3)131-87(116)103-74(82(111)90-35-7-45-126-49-53-130-55-51-128-47-9-37-102-133(119,120)71-22-12-63(13-23-71)65-16-26-73(27-17-65)135(123,124)105-76(84(114)115)61-98-81(110)67-19-30-78-69(57-67)59-100-107(78)43-5-33-92-86-95-40-41-96-86)28-31-79(108)89-34-6-44-125-48-52-129-54-50-127-46-8-36-101-132(117,118)70-20-10-62(11-21-70)64-14-24-72(25-15-64)134(121,122)104-75(83(112)113)60-97-80(109)66-18-29-77-68(56-66)58-99-106(77)42-4-32-91-85-93-38-39-94-85/h10-27,29-30,38-41,56-59,74-76,101-102,104-105H,4-9,28,31-37,42-55,60-61H2,1-3H3,(H,89,108)(H,90,111)(H,97,109)(H,98,110)(H,103,116)(H,112,113)(H,114,115)(H2,91,93,94)(H2,92,95,96). The largest absolute Gasteiger partial charge is 0.480 e. The number of fused-ring (bicyclic) bond motifs is 2. The molecule has 0 aliphatic heterocycles. The van der Waals surface area contributed by atoms with E-state index in [2.05, 4.69) is 86.2 Å². The molecule has 0 bridgehead atoms. The number of aromatic nitrogens is 8. The minimum atomic E-state index is -4.40. The van der Waals surface area contributed by atoms with E-state index in [-0.39, 0.29) is 148 Å². The summed E-state index contributed by atoms with van der Waals surface area (Å²) in [6.07, 6.45) is 12.2. The summed E-state index contributed by atoms with van der Waals surface area (Å²) in [6, 6.07) is 28.3. The molecule has 10 rings (SSSR count). The lowest BCUT2D eigenvalue weighted by molar-refractivity contribution is -0.139. The van der Waals surface area contributed by atoms with Gasteiger partial charge >= 0.3 is 18.0 Å². The first-order valence-electron chi connectivity index (χ1n) is 43.6. The van der Waals surface area contributed by atoms with E-state index in [1.165, 1.54) is 72.8 Å². The Hall–Kier alpha value is -12.2. The number of imidazole rings is 2. The van der Waals surface area contributed by atoms with Gasteiger partial charge in [0.25, 0.3) is 11.8 Å². The Morgan fingerprint density at radius 2 is 0.770 bits per heavy atom. The van der Waals surface area contributed by atoms with Gasteiger partial charge in [-0.1, -0.05) is 48.5 Å². The number of benzene rings is 6. The van der Waals surface area contributed by atoms with Crippen molar-refractivity contribution >= 4 is 115 Å². The monoisotopic (exact) mass is 1950 g/mol. The highest BCUT2D eigenvalue weighted by molar-refractivity contribution is 7.90. The maximum atomic E-state index is 13.4. The van der Waals surface area contributed by atoms with Crippen LogP contribution in [0.25, 0.3) is 44.1 Å². The van der Waals surface area contributed by atoms with Gasteiger partial charge in [-0.2, -0.15) is 19.6 Å². The van der Waals surface area contributed by atoms with Crippen LogP contribution in [0.3, 0.4) is 0 Å². The summed E-state index contributed by atoms with van der Waals surface area (Å²) < 4.78 is 158. The first-order valence-corrected chi connectivity index (χ1v) is 49.6. The van der Waals surface area contributed by atoms with Crippen molar-refractivity contribution in [3.63, 3.8) is 0 Å². The van der Waals surface area contributed by atoms with Crippen LogP contribution >= 0.6 is 0 Å². The first-order chi connectivity index (χ1) is 64.8. The number of carbonyl (C=O) groups is 7. The van der Waals surface area contributed by atoms with Gasteiger partial charge in [-0.05, 0) is 173 Å². The SMILES string of the molecule is CC(C)(C)OC(=O)NC(CCC(=O)NCCCOCCOCCOCCCNS(=O)(=O)c1ccc(-c2ccc(S(=O)(=O)NC(CNC(=O)c3ccc4c(cnn4CCCNc4ncc[nH]4)c3)C(=O)O)cc2)cc1)C(=O)NCCCOCCOCCOCCCNS(=O)(=O)c1ccc(-c2ccc(S(=O)(=O)NC(CNC(=O)c3ccc4c(cnn4CCCNc4ncc[nH]4)c3)C(=O)O)cc2)cc1. The van der Waals surface area contributed by atoms with E-state index >= 15 is 0 Å². The van der Waals surface area contributed by atoms with E-state index in [4.69, 9.17) is 33.2 Å². The van der Waals surface area contributed by atoms with Gasteiger partial charge in [0.15, 0.2) is 11.9 Å². The number of carbonyl (C=O) groups excluding carboxylic acids is 5. The number of sulfonamides is 4. The molecule has 0 radical (unpaired) electrons. The Morgan fingerprint density at radius 3 is 1.13 bits per heavy atom. The van der Waals surface area contributed by atoms with Crippen LogP contribution in [0.4, 0.5) is 16.7 Å². The summed E-state index contributed by atoms with van der Waals surface area (Å²) in [5.41, 5.74) is 3.42. The fourth-order valence-electron chi connectivity index (χ4n) is 13.2. The van der Waals surface area contributed by atoms with Crippen molar-refractivity contribution in [3.05, 3.63) is 182 Å². The summed E-state index contributed by atoms with van der Waals surface area (Å²) in [6.45, 7) is 10.2. The smallest absolute Gasteiger partial charge is 0.408 e. The number of ether oxygens (including phenoxy) is 7. The summed E-state index contributed by atoms with van der Waals surface area (Å²) in [7, 11) is -16.6. The minimum Gasteiger partial charge on any atom is -0.480 e. The highest BCUT2D eigenvalue weighted by Gasteiger charge is 2.31. The molecular formula is C88H115N19O24S4. The topological polar surface area (TPSA) is 586 Å². The summed E-state index contributed by atoms with van der Waals surface area (Å²) in [5.74, 6) is -3.79. The van der Waals surface area contributed by atoms with Crippen molar-refractivity contribution < 1.29 is 111 Å². The van der Waals surface area contributed by atoms with Crippen molar-refractivity contribution in [1.29, 1.82) is 0 Å². The molecular weight excluding hydrogens is 1840 g/mol. The lowest BCUT2D eigenvalue weighted by Gasteiger charge is -2.23. The van der Waals surface area contributed by atoms with Gasteiger partial charge in [-0.25, -0.2) is 57.9 Å². The second kappa shape index (κ2) is 52.6. The number of alkyl carbamates (subject to hydrolysis) is 1. The third kappa shape index (κ3) is 34.9. The fourth-order valence-corrected chi connectivity index (χ4v) is 17.7. The van der Waals surface area contributed by atoms with E-state index in [0.29, 0.717) is 103 Å². The van der Waals surface area contributed by atoms with Gasteiger partial charge in [0.2, 0.25) is 51.9 Å². The van der Waals surface area contributed by atoms with Crippen LogP contribution in [-0.2, 0) is 106 Å². The number of amides is 5. The number of anilines is 2. The van der Waals surface area contributed by atoms with Crippen LogP contribution in [-0.4, -0.2) is 280 Å². The zero-order valence-corrected chi connectivity index (χ0v) is 78.1. The lowest BCUT2D eigenvalue weighted by Crippen LogP contribution is -2.48. The molecule has 47 heteroatoms. The quantitative estimate of drug-likeness (QED) is 0.0215. The molecule has 4 heterocycles. The molecule has 0 aliphatic rings. The number of aromatic amines is 2. The van der Waals surface area contributed by atoms with E-state index in [0.717, 1.165) is 23.9 Å². The second-order valence-corrected chi connectivity index (χ2v) is 38.5. The summed E-state index contributed by atoms with van der Waals surface area (Å²) in [4.78, 5) is 103. The molecule has 3 atom stereocenters. The highest BCUT2D eigenvalue weighted by Crippen LogP contribution is 2.27. The summed E-state index contributed by atoms with van der Waals surface area (Å²) >= 11 is 0. The number of hydrogen-bond acceptors (Lipinski definition) is 28. The molecule has 0 aliphatic carbocycles. The zero-order valence-electron chi connectivity index (χ0n) is 74.8. The van der Waals surface area contributed by atoms with Gasteiger partial charge in [0.05, 0.1) is 95.9 Å². The van der Waals surface area contributed by atoms with Crippen LogP contribution in [0.2, 0.25) is 0 Å². The van der Waals surface area contributed by atoms with Gasteiger partial charge in [-0.3, -0.25) is 38.1 Å². The molecule has 15 N–H and O–H groups in total. The molecule has 135 heavy (non-hydrogen) atoms.